The van der Waals surface area contributed by atoms with Crippen molar-refractivity contribution in [2.75, 3.05) is 24.5 Å². The zero-order chi connectivity index (χ0) is 17.5. The van der Waals surface area contributed by atoms with E-state index in [1.165, 1.54) is 17.1 Å². The molecule has 1 aliphatic rings. The van der Waals surface area contributed by atoms with E-state index in [0.29, 0.717) is 12.6 Å². The van der Waals surface area contributed by atoms with Gasteiger partial charge >= 0.3 is 0 Å². The highest BCUT2D eigenvalue weighted by Gasteiger charge is 2.20. The molecule has 1 fully saturated rings. The van der Waals surface area contributed by atoms with Gasteiger partial charge in [-0.2, -0.15) is 0 Å². The molecule has 0 radical (unpaired) electrons. The van der Waals surface area contributed by atoms with Gasteiger partial charge in [0.25, 0.3) is 0 Å². The maximum atomic E-state index is 13.0. The van der Waals surface area contributed by atoms with Crippen molar-refractivity contribution in [2.45, 2.75) is 32.4 Å². The molecular formula is C19H26FIN4S. The van der Waals surface area contributed by atoms with Crippen LogP contribution in [-0.2, 0) is 6.54 Å². The second-order valence-electron chi connectivity index (χ2n) is 6.18. The van der Waals surface area contributed by atoms with Crippen LogP contribution in [-0.4, -0.2) is 31.6 Å². The average Bonchev–Trinajstić information content (AvgIpc) is 3.16. The fraction of sp³-hybridized carbons (Fsp3) is 0.421. The predicted octanol–water partition coefficient (Wildman–Crippen LogP) is 4.23. The van der Waals surface area contributed by atoms with Gasteiger partial charge in [-0.15, -0.1) is 35.3 Å². The zero-order valence-electron chi connectivity index (χ0n) is 15.0. The average molecular weight is 488 g/mol. The Balaban J connectivity index is 0.00000243. The lowest BCUT2D eigenvalue weighted by atomic mass is 10.1. The van der Waals surface area contributed by atoms with E-state index in [2.05, 4.69) is 45.0 Å². The van der Waals surface area contributed by atoms with E-state index in [4.69, 9.17) is 0 Å². The van der Waals surface area contributed by atoms with Crippen LogP contribution in [0.3, 0.4) is 0 Å². The van der Waals surface area contributed by atoms with Gasteiger partial charge in [-0.05, 0) is 55.0 Å². The van der Waals surface area contributed by atoms with Crippen LogP contribution in [0, 0.1) is 5.82 Å². The third kappa shape index (κ3) is 6.12. The molecule has 4 nitrogen and oxygen atoms in total. The molecule has 2 N–H and O–H groups in total. The summed E-state index contributed by atoms with van der Waals surface area (Å²) >= 11 is 1.80. The van der Waals surface area contributed by atoms with Gasteiger partial charge < -0.3 is 15.5 Å². The first-order chi connectivity index (χ1) is 12.2. The summed E-state index contributed by atoms with van der Waals surface area (Å²) in [5.41, 5.74) is 1.01. The van der Waals surface area contributed by atoms with Gasteiger partial charge in [0.15, 0.2) is 5.96 Å². The van der Waals surface area contributed by atoms with Gasteiger partial charge in [0, 0.05) is 25.7 Å². The fourth-order valence-corrected chi connectivity index (χ4v) is 3.75. The second-order valence-corrected chi connectivity index (χ2v) is 7.10. The van der Waals surface area contributed by atoms with Gasteiger partial charge in [0.2, 0.25) is 0 Å². The normalized spacial score (nSPS) is 15.5. The van der Waals surface area contributed by atoms with Gasteiger partial charge in [-0.1, -0.05) is 12.1 Å². The molecule has 0 amide bonds. The summed E-state index contributed by atoms with van der Waals surface area (Å²) in [6.07, 6.45) is 2.19. The number of hydrogen-bond donors (Lipinski definition) is 2. The Morgan fingerprint density at radius 2 is 1.96 bits per heavy atom. The number of nitrogens with one attached hydrogen (secondary N) is 2. The van der Waals surface area contributed by atoms with Crippen LogP contribution in [0.15, 0.2) is 46.8 Å². The molecular weight excluding hydrogens is 462 g/mol. The molecule has 2 aromatic rings. The van der Waals surface area contributed by atoms with Crippen molar-refractivity contribution in [3.63, 3.8) is 0 Å². The smallest absolute Gasteiger partial charge is 0.191 e. The van der Waals surface area contributed by atoms with Crippen molar-refractivity contribution in [1.82, 2.24) is 10.6 Å². The second kappa shape index (κ2) is 10.7. The third-order valence-electron chi connectivity index (χ3n) is 4.33. The lowest BCUT2D eigenvalue weighted by molar-refractivity contribution is 0.463. The summed E-state index contributed by atoms with van der Waals surface area (Å²) < 4.78 is 13.0. The van der Waals surface area contributed by atoms with E-state index < -0.39 is 0 Å². The van der Waals surface area contributed by atoms with Crippen LogP contribution < -0.4 is 15.5 Å². The number of anilines is 1. The van der Waals surface area contributed by atoms with Crippen LogP contribution in [0.4, 0.5) is 9.39 Å². The Hall–Kier alpha value is -1.35. The molecule has 3 rings (SSSR count). The number of thiophene rings is 1. The minimum atomic E-state index is -0.213. The Morgan fingerprint density at radius 3 is 2.58 bits per heavy atom. The Bertz CT molecular complexity index is 667. The largest absolute Gasteiger partial charge is 0.363 e. The maximum Gasteiger partial charge on any atom is 0.191 e. The van der Waals surface area contributed by atoms with E-state index >= 15 is 0 Å². The van der Waals surface area contributed by atoms with Gasteiger partial charge in [0.05, 0.1) is 11.5 Å². The Kier molecular flexibility index (Phi) is 8.64. The quantitative estimate of drug-likeness (QED) is 0.376. The number of hydrogen-bond acceptors (Lipinski definition) is 3. The first kappa shape index (κ1) is 21.0. The molecule has 2 heterocycles. The molecule has 0 saturated carbocycles. The summed E-state index contributed by atoms with van der Waals surface area (Å²) in [4.78, 5) is 7.09. The fourth-order valence-electron chi connectivity index (χ4n) is 2.97. The molecule has 1 aromatic heterocycles. The highest BCUT2D eigenvalue weighted by Crippen LogP contribution is 2.24. The van der Waals surface area contributed by atoms with Gasteiger partial charge in [-0.3, -0.25) is 0 Å². The topological polar surface area (TPSA) is 39.7 Å². The third-order valence-corrected chi connectivity index (χ3v) is 5.26. The molecule has 1 aromatic carbocycles. The summed E-state index contributed by atoms with van der Waals surface area (Å²) in [6, 6.07) is 11.2. The van der Waals surface area contributed by atoms with E-state index in [-0.39, 0.29) is 29.8 Å². The summed E-state index contributed by atoms with van der Waals surface area (Å²) in [7, 11) is 0. The highest BCUT2D eigenvalue weighted by atomic mass is 127. The van der Waals surface area contributed by atoms with Crippen LogP contribution >= 0.6 is 35.3 Å². The summed E-state index contributed by atoms with van der Waals surface area (Å²) in [5, 5.41) is 10.3. The van der Waals surface area contributed by atoms with Crippen molar-refractivity contribution in [3.8, 4) is 0 Å². The van der Waals surface area contributed by atoms with Crippen molar-refractivity contribution >= 4 is 46.3 Å². The lowest BCUT2D eigenvalue weighted by Gasteiger charge is -2.33. The first-order valence-corrected chi connectivity index (χ1v) is 9.70. The number of aliphatic imine (C=N–C) groups is 1. The molecule has 0 aliphatic carbocycles. The SMILES string of the molecule is CCNC(=NCc1ccc(F)cc1)NC1CCN(c2cccs2)CC1.I. The first-order valence-electron chi connectivity index (χ1n) is 8.82. The van der Waals surface area contributed by atoms with Crippen molar-refractivity contribution in [2.24, 2.45) is 4.99 Å². The number of guanidine groups is 1. The molecule has 0 atom stereocenters. The van der Waals surface area contributed by atoms with Crippen molar-refractivity contribution < 1.29 is 4.39 Å². The van der Waals surface area contributed by atoms with Gasteiger partial charge in [0.1, 0.15) is 5.82 Å². The van der Waals surface area contributed by atoms with E-state index in [1.807, 2.05) is 0 Å². The number of rotatable bonds is 5. The van der Waals surface area contributed by atoms with Crippen molar-refractivity contribution in [1.29, 1.82) is 0 Å². The maximum absolute atomic E-state index is 13.0. The van der Waals surface area contributed by atoms with E-state index in [1.54, 1.807) is 23.5 Å². The zero-order valence-corrected chi connectivity index (χ0v) is 18.1. The Labute approximate surface area is 175 Å². The number of piperidine rings is 1. The summed E-state index contributed by atoms with van der Waals surface area (Å²) in [6.45, 7) is 5.56. The molecule has 0 unspecified atom stereocenters. The lowest BCUT2D eigenvalue weighted by Crippen LogP contribution is -2.48. The molecule has 0 spiro atoms. The minimum Gasteiger partial charge on any atom is -0.363 e. The highest BCUT2D eigenvalue weighted by molar-refractivity contribution is 14.0. The standard InChI is InChI=1S/C19H25FN4S.HI/c1-2-21-19(22-14-15-5-7-16(20)8-6-15)23-17-9-11-24(12-10-17)18-4-3-13-25-18;/h3-8,13,17H,2,9-12,14H2,1H3,(H2,21,22,23);1H. The van der Waals surface area contributed by atoms with E-state index in [0.717, 1.165) is 44.0 Å². The molecule has 142 valence electrons. The number of nitrogens with zero attached hydrogens (tertiary/aromatic N) is 2. The summed E-state index contributed by atoms with van der Waals surface area (Å²) in [5.74, 6) is 0.622. The molecule has 1 aliphatic heterocycles. The van der Waals surface area contributed by atoms with Crippen molar-refractivity contribution in [3.05, 3.63) is 53.2 Å². The minimum absolute atomic E-state index is 0. The predicted molar refractivity (Wildman–Crippen MR) is 119 cm³/mol. The van der Waals surface area contributed by atoms with Crippen LogP contribution in [0.25, 0.3) is 0 Å². The van der Waals surface area contributed by atoms with Crippen LogP contribution in [0.5, 0.6) is 0 Å². The molecule has 7 heteroatoms. The molecule has 26 heavy (non-hydrogen) atoms. The van der Waals surface area contributed by atoms with Crippen LogP contribution in [0.1, 0.15) is 25.3 Å². The number of benzene rings is 1. The Morgan fingerprint density at radius 1 is 1.23 bits per heavy atom. The number of halogens is 2. The van der Waals surface area contributed by atoms with Gasteiger partial charge in [-0.25, -0.2) is 9.38 Å². The molecule has 0 bridgehead atoms. The van der Waals surface area contributed by atoms with Crippen LogP contribution in [0.2, 0.25) is 0 Å². The van der Waals surface area contributed by atoms with E-state index in [9.17, 15) is 4.39 Å². The molecule has 1 saturated heterocycles. The monoisotopic (exact) mass is 488 g/mol.